The van der Waals surface area contributed by atoms with Gasteiger partial charge in [0.1, 0.15) is 17.4 Å². The summed E-state index contributed by atoms with van der Waals surface area (Å²) in [5.74, 6) is -1.18. The van der Waals surface area contributed by atoms with Crippen molar-refractivity contribution in [3.8, 4) is 28.7 Å². The molecule has 8 nitrogen and oxygen atoms in total. The summed E-state index contributed by atoms with van der Waals surface area (Å²) >= 11 is 0. The van der Waals surface area contributed by atoms with Crippen molar-refractivity contribution in [1.82, 2.24) is 4.98 Å². The molecule has 0 radical (unpaired) electrons. The average molecular weight is 287 g/mol. The number of nitro groups is 1. The smallest absolute Gasteiger partial charge is 0.311 e. The van der Waals surface area contributed by atoms with Gasteiger partial charge in [-0.1, -0.05) is 0 Å². The Morgan fingerprint density at radius 1 is 1.24 bits per heavy atom. The molecular weight excluding hydrogens is 278 g/mol. The van der Waals surface area contributed by atoms with Crippen molar-refractivity contribution in [1.29, 1.82) is 5.26 Å². The molecule has 0 spiro atoms. The van der Waals surface area contributed by atoms with Crippen LogP contribution in [0, 0.1) is 28.4 Å². The number of aromatic amines is 1. The number of phenolic OH excluding ortho intramolecular Hbond substituents is 2. The first-order valence-electron chi connectivity index (χ1n) is 5.70. The molecule has 2 aromatic rings. The molecule has 2 rings (SSSR count). The summed E-state index contributed by atoms with van der Waals surface area (Å²) in [6.07, 6.45) is 0. The fourth-order valence-electron chi connectivity index (χ4n) is 1.94. The fourth-order valence-corrected chi connectivity index (χ4v) is 1.94. The molecule has 1 aromatic carbocycles. The summed E-state index contributed by atoms with van der Waals surface area (Å²) < 4.78 is 0. The zero-order valence-corrected chi connectivity index (χ0v) is 10.7. The van der Waals surface area contributed by atoms with Crippen LogP contribution in [0.4, 0.5) is 5.69 Å². The van der Waals surface area contributed by atoms with Crippen LogP contribution in [-0.2, 0) is 0 Å². The number of nitriles is 1. The normalized spacial score (nSPS) is 10.1. The number of hydrogen-bond donors (Lipinski definition) is 3. The summed E-state index contributed by atoms with van der Waals surface area (Å²) in [5.41, 5.74) is -1.18. The monoisotopic (exact) mass is 287 g/mol. The molecule has 0 bridgehead atoms. The van der Waals surface area contributed by atoms with Gasteiger partial charge in [-0.2, -0.15) is 5.26 Å². The van der Waals surface area contributed by atoms with Gasteiger partial charge >= 0.3 is 5.69 Å². The maximum absolute atomic E-state index is 11.7. The van der Waals surface area contributed by atoms with Crippen molar-refractivity contribution in [2.24, 2.45) is 0 Å². The SMILES string of the molecule is Cc1cc(-c2cc([N+](=O)[O-])c(O)cc2O)c(C#N)c(=O)[nH]1. The van der Waals surface area contributed by atoms with Gasteiger partial charge in [0.15, 0.2) is 5.75 Å². The van der Waals surface area contributed by atoms with Crippen molar-refractivity contribution in [3.05, 3.63) is 49.9 Å². The highest BCUT2D eigenvalue weighted by molar-refractivity contribution is 5.78. The molecule has 0 saturated heterocycles. The molecule has 0 aliphatic rings. The quantitative estimate of drug-likeness (QED) is 0.565. The lowest BCUT2D eigenvalue weighted by Gasteiger charge is -2.08. The molecule has 0 aliphatic carbocycles. The van der Waals surface area contributed by atoms with E-state index < -0.39 is 27.7 Å². The Kier molecular flexibility index (Phi) is 3.33. The van der Waals surface area contributed by atoms with Gasteiger partial charge in [0.25, 0.3) is 5.56 Å². The number of nitro benzene ring substituents is 1. The predicted molar refractivity (Wildman–Crippen MR) is 71.9 cm³/mol. The zero-order valence-electron chi connectivity index (χ0n) is 10.7. The van der Waals surface area contributed by atoms with Crippen molar-refractivity contribution in [2.75, 3.05) is 0 Å². The van der Waals surface area contributed by atoms with Gasteiger partial charge in [0.05, 0.1) is 4.92 Å². The first kappa shape index (κ1) is 14.1. The van der Waals surface area contributed by atoms with Crippen molar-refractivity contribution in [2.45, 2.75) is 6.92 Å². The molecule has 0 saturated carbocycles. The molecule has 0 amide bonds. The van der Waals surface area contributed by atoms with E-state index in [0.29, 0.717) is 5.69 Å². The van der Waals surface area contributed by atoms with E-state index in [-0.39, 0.29) is 16.7 Å². The number of rotatable bonds is 2. The summed E-state index contributed by atoms with van der Waals surface area (Å²) in [6.45, 7) is 1.57. The summed E-state index contributed by atoms with van der Waals surface area (Å²) in [5, 5.41) is 39.2. The number of aromatic nitrogens is 1. The Labute approximate surface area is 117 Å². The Balaban J connectivity index is 2.85. The molecule has 106 valence electrons. The number of aromatic hydroxyl groups is 2. The number of phenols is 2. The Hall–Kier alpha value is -3.34. The summed E-state index contributed by atoms with van der Waals surface area (Å²) in [4.78, 5) is 24.2. The predicted octanol–water partition coefficient (Wildman–Crippen LogP) is 1.54. The molecule has 3 N–H and O–H groups in total. The molecular formula is C13H9N3O5. The van der Waals surface area contributed by atoms with Crippen LogP contribution in [0.3, 0.4) is 0 Å². The number of pyridine rings is 1. The Morgan fingerprint density at radius 2 is 1.90 bits per heavy atom. The van der Waals surface area contributed by atoms with Crippen LogP contribution in [0.1, 0.15) is 11.3 Å². The summed E-state index contributed by atoms with van der Waals surface area (Å²) in [7, 11) is 0. The standard InChI is InChI=1S/C13H9N3O5/c1-6-2-7(9(5-14)13(19)15-6)8-3-10(16(20)21)12(18)4-11(8)17/h2-4,17-18H,1H3,(H,15,19). The van der Waals surface area contributed by atoms with E-state index in [4.69, 9.17) is 5.26 Å². The Bertz CT molecular complexity index is 848. The lowest BCUT2D eigenvalue weighted by Crippen LogP contribution is -2.12. The van der Waals surface area contributed by atoms with E-state index >= 15 is 0 Å². The molecule has 0 atom stereocenters. The number of H-pyrrole nitrogens is 1. The van der Waals surface area contributed by atoms with E-state index in [1.165, 1.54) is 6.07 Å². The van der Waals surface area contributed by atoms with Gasteiger partial charge in [0.2, 0.25) is 0 Å². The van der Waals surface area contributed by atoms with Crippen LogP contribution in [0.5, 0.6) is 11.5 Å². The molecule has 0 aliphatic heterocycles. The number of aryl methyl sites for hydroxylation is 1. The van der Waals surface area contributed by atoms with Gasteiger partial charge in [-0.15, -0.1) is 0 Å². The van der Waals surface area contributed by atoms with Crippen LogP contribution in [0.2, 0.25) is 0 Å². The number of nitrogens with one attached hydrogen (secondary N) is 1. The minimum absolute atomic E-state index is 0.0550. The molecule has 1 heterocycles. The third kappa shape index (κ3) is 2.40. The van der Waals surface area contributed by atoms with Crippen LogP contribution < -0.4 is 5.56 Å². The van der Waals surface area contributed by atoms with Crippen molar-refractivity contribution in [3.63, 3.8) is 0 Å². The highest BCUT2D eigenvalue weighted by Gasteiger charge is 2.21. The van der Waals surface area contributed by atoms with Gasteiger partial charge in [0, 0.05) is 29.0 Å². The molecule has 21 heavy (non-hydrogen) atoms. The molecule has 0 unspecified atom stereocenters. The average Bonchev–Trinajstić information content (AvgIpc) is 2.37. The van der Waals surface area contributed by atoms with E-state index in [0.717, 1.165) is 12.1 Å². The van der Waals surface area contributed by atoms with Gasteiger partial charge < -0.3 is 15.2 Å². The van der Waals surface area contributed by atoms with Crippen molar-refractivity contribution >= 4 is 5.69 Å². The van der Waals surface area contributed by atoms with Gasteiger partial charge in [-0.25, -0.2) is 0 Å². The van der Waals surface area contributed by atoms with Crippen LogP contribution in [0.15, 0.2) is 23.0 Å². The number of hydrogen-bond acceptors (Lipinski definition) is 6. The van der Waals surface area contributed by atoms with E-state index in [9.17, 15) is 25.1 Å². The third-order valence-corrected chi connectivity index (χ3v) is 2.86. The number of nitrogens with zero attached hydrogens (tertiary/aromatic N) is 2. The largest absolute Gasteiger partial charge is 0.507 e. The van der Waals surface area contributed by atoms with Crippen LogP contribution >= 0.6 is 0 Å². The van der Waals surface area contributed by atoms with Gasteiger partial charge in [-0.05, 0) is 13.0 Å². The number of benzene rings is 1. The molecule has 1 aromatic heterocycles. The van der Waals surface area contributed by atoms with Crippen LogP contribution in [-0.4, -0.2) is 20.1 Å². The molecule has 0 fully saturated rings. The van der Waals surface area contributed by atoms with E-state index in [1.54, 1.807) is 13.0 Å². The lowest BCUT2D eigenvalue weighted by atomic mass is 9.99. The summed E-state index contributed by atoms with van der Waals surface area (Å²) in [6, 6.07) is 4.82. The first-order chi connectivity index (χ1) is 9.85. The minimum Gasteiger partial charge on any atom is -0.507 e. The first-order valence-corrected chi connectivity index (χ1v) is 5.70. The maximum atomic E-state index is 11.7. The Morgan fingerprint density at radius 3 is 2.48 bits per heavy atom. The fraction of sp³-hybridized carbons (Fsp3) is 0.0769. The second kappa shape index (κ2) is 4.97. The maximum Gasteiger partial charge on any atom is 0.311 e. The lowest BCUT2D eigenvalue weighted by molar-refractivity contribution is -0.385. The van der Waals surface area contributed by atoms with Gasteiger partial charge in [-0.3, -0.25) is 14.9 Å². The second-order valence-electron chi connectivity index (χ2n) is 4.30. The minimum atomic E-state index is -0.829. The highest BCUT2D eigenvalue weighted by atomic mass is 16.6. The van der Waals surface area contributed by atoms with E-state index in [1.807, 2.05) is 0 Å². The zero-order chi connectivity index (χ0) is 15.7. The van der Waals surface area contributed by atoms with Crippen molar-refractivity contribution < 1.29 is 15.1 Å². The second-order valence-corrected chi connectivity index (χ2v) is 4.30. The topological polar surface area (TPSA) is 140 Å². The molecule has 8 heteroatoms. The van der Waals surface area contributed by atoms with E-state index in [2.05, 4.69) is 4.98 Å². The van der Waals surface area contributed by atoms with Crippen LogP contribution in [0.25, 0.3) is 11.1 Å². The highest BCUT2D eigenvalue weighted by Crippen LogP contribution is 2.39. The third-order valence-electron chi connectivity index (χ3n) is 2.86.